The highest BCUT2D eigenvalue weighted by Gasteiger charge is 2.09. The maximum atomic E-state index is 11.2. The first-order chi connectivity index (χ1) is 13.4. The zero-order chi connectivity index (χ0) is 20.8. The van der Waals surface area contributed by atoms with Crippen LogP contribution in [-0.2, 0) is 38.3 Å². The fourth-order valence-corrected chi connectivity index (χ4v) is 5.96. The highest BCUT2D eigenvalue weighted by Crippen LogP contribution is 2.18. The van der Waals surface area contributed by atoms with Crippen molar-refractivity contribution in [1.82, 2.24) is 0 Å². The van der Waals surface area contributed by atoms with E-state index in [0.717, 1.165) is 36.8 Å². The van der Waals surface area contributed by atoms with Crippen molar-refractivity contribution in [2.45, 2.75) is 58.9 Å². The summed E-state index contributed by atoms with van der Waals surface area (Å²) in [6, 6.07) is 7.91. The number of hydrogen-bond donors (Lipinski definition) is 0. The molecule has 4 nitrogen and oxygen atoms in total. The molecule has 1 aromatic carbocycles. The molecule has 0 amide bonds. The van der Waals surface area contributed by atoms with Gasteiger partial charge in [-0.25, -0.2) is 0 Å². The van der Waals surface area contributed by atoms with E-state index in [0.29, 0.717) is 13.2 Å². The number of aryl methyl sites for hydroxylation is 3. The van der Waals surface area contributed by atoms with Crippen molar-refractivity contribution >= 4 is 43.3 Å². The fraction of sp³-hybridized carbons (Fsp3) is 0.619. The highest BCUT2D eigenvalue weighted by molar-refractivity contribution is 8.13. The van der Waals surface area contributed by atoms with E-state index in [2.05, 4.69) is 18.2 Å². The normalized spacial score (nSPS) is 11.6. The summed E-state index contributed by atoms with van der Waals surface area (Å²) in [5.41, 5.74) is 3.90. The van der Waals surface area contributed by atoms with E-state index < -0.39 is 9.52 Å². The van der Waals surface area contributed by atoms with Crippen LogP contribution in [0.5, 0.6) is 0 Å². The Morgan fingerprint density at radius 3 is 1.68 bits per heavy atom. The number of thioether (sulfide) groups is 2. The lowest BCUT2D eigenvalue weighted by Crippen LogP contribution is -2.24. The first kappa shape index (κ1) is 25.4. The van der Waals surface area contributed by atoms with Crippen molar-refractivity contribution in [3.05, 3.63) is 34.9 Å². The molecule has 0 aliphatic heterocycles. The van der Waals surface area contributed by atoms with Crippen LogP contribution < -0.4 is 0 Å². The van der Waals surface area contributed by atoms with Crippen LogP contribution in [0.2, 0.25) is 6.04 Å². The molecular formula is C21H34O4S2Si. The van der Waals surface area contributed by atoms with Gasteiger partial charge in [0.05, 0.1) is 9.52 Å². The minimum absolute atomic E-state index is 0.0107. The topological polar surface area (TPSA) is 52.6 Å². The van der Waals surface area contributed by atoms with Crippen molar-refractivity contribution in [3.8, 4) is 0 Å². The number of carbonyl (C=O) groups excluding carboxylic acids is 2. The van der Waals surface area contributed by atoms with E-state index in [1.165, 1.54) is 40.2 Å². The van der Waals surface area contributed by atoms with Gasteiger partial charge in [0, 0.05) is 38.6 Å². The molecule has 0 radical (unpaired) electrons. The summed E-state index contributed by atoms with van der Waals surface area (Å²) in [5.74, 6) is 1.63. The lowest BCUT2D eigenvalue weighted by molar-refractivity contribution is -0.109. The molecule has 0 saturated heterocycles. The molecule has 7 heteroatoms. The molecule has 158 valence electrons. The average Bonchev–Trinajstić information content (AvgIpc) is 2.61. The molecule has 0 aliphatic carbocycles. The van der Waals surface area contributed by atoms with Gasteiger partial charge in [-0.2, -0.15) is 0 Å². The Morgan fingerprint density at radius 2 is 1.29 bits per heavy atom. The minimum atomic E-state index is -0.460. The van der Waals surface area contributed by atoms with E-state index in [1.54, 1.807) is 13.8 Å². The highest BCUT2D eigenvalue weighted by atomic mass is 32.2. The largest absolute Gasteiger partial charge is 0.357 e. The molecular weight excluding hydrogens is 408 g/mol. The van der Waals surface area contributed by atoms with Gasteiger partial charge in [0.25, 0.3) is 0 Å². The molecule has 0 spiro atoms. The van der Waals surface area contributed by atoms with Crippen molar-refractivity contribution in [3.63, 3.8) is 0 Å². The van der Waals surface area contributed by atoms with Crippen LogP contribution >= 0.6 is 23.5 Å². The van der Waals surface area contributed by atoms with Crippen molar-refractivity contribution in [1.29, 1.82) is 0 Å². The maximum Gasteiger partial charge on any atom is 0.185 e. The predicted molar refractivity (Wildman–Crippen MR) is 124 cm³/mol. The second-order valence-corrected chi connectivity index (χ2v) is 11.1. The number of ether oxygens (including phenoxy) is 2. The minimum Gasteiger partial charge on any atom is -0.357 e. The molecule has 0 fully saturated rings. The third kappa shape index (κ3) is 12.1. The van der Waals surface area contributed by atoms with Gasteiger partial charge in [0.15, 0.2) is 10.2 Å². The molecule has 0 bridgehead atoms. The molecule has 0 aromatic heterocycles. The van der Waals surface area contributed by atoms with E-state index in [9.17, 15) is 9.59 Å². The first-order valence-corrected chi connectivity index (χ1v) is 13.8. The Bertz CT molecular complexity index is 566. The Morgan fingerprint density at radius 1 is 0.857 bits per heavy atom. The molecule has 0 aliphatic rings. The fourth-order valence-electron chi connectivity index (χ4n) is 2.96. The Hall–Kier alpha value is -0.603. The van der Waals surface area contributed by atoms with Gasteiger partial charge in [0.2, 0.25) is 0 Å². The van der Waals surface area contributed by atoms with E-state index in [4.69, 9.17) is 9.47 Å². The van der Waals surface area contributed by atoms with Gasteiger partial charge in [-0.1, -0.05) is 47.8 Å². The molecule has 28 heavy (non-hydrogen) atoms. The molecule has 0 heterocycles. The molecule has 0 unspecified atom stereocenters. The summed E-state index contributed by atoms with van der Waals surface area (Å²) in [6.45, 7) is 8.63. The maximum absolute atomic E-state index is 11.2. The second kappa shape index (κ2) is 15.3. The van der Waals surface area contributed by atoms with Gasteiger partial charge in [-0.15, -0.1) is 0 Å². The lowest BCUT2D eigenvalue weighted by Gasteiger charge is -2.16. The van der Waals surface area contributed by atoms with Gasteiger partial charge in [-0.3, -0.25) is 9.59 Å². The standard InChI is InChI=1S/C21H34O4S2Si/c1-5-24-21(25-6-2)28-12-9-20-14-18(7-10-26-16(3)22)13-19(15-20)8-11-27-17(4)23/h13-15,21H,5-12,28H2,1-4H3. The summed E-state index contributed by atoms with van der Waals surface area (Å²) in [4.78, 5) is 22.4. The van der Waals surface area contributed by atoms with Crippen molar-refractivity contribution in [2.75, 3.05) is 24.7 Å². The second-order valence-electron chi connectivity index (χ2n) is 6.57. The smallest absolute Gasteiger partial charge is 0.185 e. The van der Waals surface area contributed by atoms with Crippen LogP contribution in [0.4, 0.5) is 0 Å². The zero-order valence-electron chi connectivity index (χ0n) is 17.6. The summed E-state index contributed by atoms with van der Waals surface area (Å²) in [7, 11) is -0.460. The summed E-state index contributed by atoms with van der Waals surface area (Å²) < 4.78 is 11.4. The van der Waals surface area contributed by atoms with Crippen LogP contribution in [0, 0.1) is 0 Å². The molecule has 1 aromatic rings. The van der Waals surface area contributed by atoms with Crippen molar-refractivity contribution in [2.24, 2.45) is 0 Å². The quantitative estimate of drug-likeness (QED) is 0.322. The van der Waals surface area contributed by atoms with E-state index >= 15 is 0 Å². The SMILES string of the molecule is CCOC(OCC)[SiH2]CCc1cc(CCSC(C)=O)cc(CCSC(C)=O)c1. The number of hydrogen-bond acceptors (Lipinski definition) is 6. The van der Waals surface area contributed by atoms with Crippen LogP contribution in [0.15, 0.2) is 18.2 Å². The summed E-state index contributed by atoms with van der Waals surface area (Å²) in [6.07, 6.45) is 2.81. The van der Waals surface area contributed by atoms with E-state index in [1.807, 2.05) is 13.8 Å². The van der Waals surface area contributed by atoms with Gasteiger partial charge >= 0.3 is 0 Å². The molecule has 1 rings (SSSR count). The first-order valence-electron chi connectivity index (χ1n) is 10.1. The summed E-state index contributed by atoms with van der Waals surface area (Å²) >= 11 is 2.76. The Balaban J connectivity index is 2.71. The van der Waals surface area contributed by atoms with Crippen molar-refractivity contribution < 1.29 is 19.1 Å². The van der Waals surface area contributed by atoms with Crippen LogP contribution in [0.1, 0.15) is 44.4 Å². The predicted octanol–water partition coefficient (Wildman–Crippen LogP) is 3.82. The Kier molecular flexibility index (Phi) is 13.9. The van der Waals surface area contributed by atoms with Crippen LogP contribution in [0.25, 0.3) is 0 Å². The third-order valence-corrected chi connectivity index (χ3v) is 7.45. The van der Waals surface area contributed by atoms with Crippen LogP contribution in [0.3, 0.4) is 0 Å². The molecule has 0 atom stereocenters. The van der Waals surface area contributed by atoms with Crippen LogP contribution in [-0.4, -0.2) is 50.4 Å². The number of carbonyl (C=O) groups is 2. The van der Waals surface area contributed by atoms with Gasteiger partial charge in [0.1, 0.15) is 5.91 Å². The molecule has 0 saturated carbocycles. The molecule has 0 N–H and O–H groups in total. The lowest BCUT2D eigenvalue weighted by atomic mass is 10.0. The zero-order valence-corrected chi connectivity index (χ0v) is 20.7. The average molecular weight is 443 g/mol. The third-order valence-electron chi connectivity index (χ3n) is 4.11. The summed E-state index contributed by atoms with van der Waals surface area (Å²) in [5, 5.41) is 0.330. The van der Waals surface area contributed by atoms with Gasteiger partial charge in [-0.05, 0) is 49.8 Å². The Labute approximate surface area is 180 Å². The monoisotopic (exact) mass is 442 g/mol. The van der Waals surface area contributed by atoms with E-state index in [-0.39, 0.29) is 16.1 Å². The number of rotatable bonds is 14. The van der Waals surface area contributed by atoms with Gasteiger partial charge < -0.3 is 9.47 Å². The number of benzene rings is 1.